The summed E-state index contributed by atoms with van der Waals surface area (Å²) in [5.41, 5.74) is 3.24. The minimum atomic E-state index is 0.697. The first-order valence-corrected chi connectivity index (χ1v) is 7.15. The van der Waals surface area contributed by atoms with Gasteiger partial charge in [0, 0.05) is 51.2 Å². The maximum absolute atomic E-state index is 4.58. The molecule has 22 heavy (non-hydrogen) atoms. The van der Waals surface area contributed by atoms with Crippen LogP contribution in [0.3, 0.4) is 0 Å². The lowest BCUT2D eigenvalue weighted by atomic mass is 10.2. The van der Waals surface area contributed by atoms with Crippen molar-refractivity contribution in [2.45, 2.75) is 6.92 Å². The summed E-state index contributed by atoms with van der Waals surface area (Å²) >= 11 is 0. The van der Waals surface area contributed by atoms with E-state index < -0.39 is 0 Å². The van der Waals surface area contributed by atoms with Crippen molar-refractivity contribution in [3.63, 3.8) is 0 Å². The van der Waals surface area contributed by atoms with E-state index in [1.165, 1.54) is 0 Å². The molecule has 0 saturated carbocycles. The molecule has 114 valence electrons. The summed E-state index contributed by atoms with van der Waals surface area (Å²) in [7, 11) is 7.84. The second-order valence-electron chi connectivity index (χ2n) is 5.58. The molecule has 0 fully saturated rings. The van der Waals surface area contributed by atoms with Gasteiger partial charge in [-0.1, -0.05) is 0 Å². The second-order valence-corrected chi connectivity index (χ2v) is 5.58. The molecule has 0 atom stereocenters. The van der Waals surface area contributed by atoms with Crippen LogP contribution in [0.4, 0.5) is 17.5 Å². The van der Waals surface area contributed by atoms with Crippen molar-refractivity contribution in [2.75, 3.05) is 30.9 Å². The van der Waals surface area contributed by atoms with Gasteiger partial charge in [0.1, 0.15) is 5.82 Å². The monoisotopic (exact) mass is 296 g/mol. The van der Waals surface area contributed by atoms with Crippen LogP contribution in [0.2, 0.25) is 0 Å². The van der Waals surface area contributed by atoms with Gasteiger partial charge in [-0.05, 0) is 31.2 Å². The summed E-state index contributed by atoms with van der Waals surface area (Å²) in [5, 5.41) is 5.65. The molecule has 0 bridgehead atoms. The van der Waals surface area contributed by atoms with Gasteiger partial charge in [-0.15, -0.1) is 0 Å². The summed E-state index contributed by atoms with van der Waals surface area (Å²) < 4.78 is 1.91. The Morgan fingerprint density at radius 2 is 1.86 bits per heavy atom. The summed E-state index contributed by atoms with van der Waals surface area (Å²) in [4.78, 5) is 12.8. The third kappa shape index (κ3) is 2.36. The smallest absolute Gasteiger partial charge is 0.226 e. The van der Waals surface area contributed by atoms with Crippen LogP contribution in [0.1, 0.15) is 5.69 Å². The molecule has 2 aromatic heterocycles. The van der Waals surface area contributed by atoms with Gasteiger partial charge in [-0.25, -0.2) is 4.98 Å². The van der Waals surface area contributed by atoms with Crippen molar-refractivity contribution >= 4 is 28.4 Å². The molecule has 2 heterocycles. The summed E-state index contributed by atoms with van der Waals surface area (Å²) in [6, 6.07) is 8.16. The Balaban J connectivity index is 2.03. The standard InChI is InChI=1S/C16H20N6/c1-11-13-10-12(6-7-14(13)19-22(11)5)21(4)15-8-9-17-16(18-15)20(2)3/h6-10H,1-5H3. The number of nitrogens with zero attached hydrogens (tertiary/aromatic N) is 6. The lowest BCUT2D eigenvalue weighted by Crippen LogP contribution is -2.16. The van der Waals surface area contributed by atoms with Gasteiger partial charge in [-0.2, -0.15) is 10.1 Å². The second kappa shape index (κ2) is 5.29. The van der Waals surface area contributed by atoms with Crippen LogP contribution in [-0.2, 0) is 7.05 Å². The predicted molar refractivity (Wildman–Crippen MR) is 89.9 cm³/mol. The summed E-state index contributed by atoms with van der Waals surface area (Å²) in [6.45, 7) is 2.08. The Hall–Kier alpha value is -2.63. The largest absolute Gasteiger partial charge is 0.347 e. The van der Waals surface area contributed by atoms with Crippen LogP contribution in [-0.4, -0.2) is 40.9 Å². The fraction of sp³-hybridized carbons (Fsp3) is 0.312. The molecule has 0 aliphatic carbocycles. The zero-order chi connectivity index (χ0) is 15.9. The third-order valence-corrected chi connectivity index (χ3v) is 3.87. The molecule has 0 saturated heterocycles. The Kier molecular flexibility index (Phi) is 3.44. The Morgan fingerprint density at radius 1 is 1.09 bits per heavy atom. The number of rotatable bonds is 3. The minimum Gasteiger partial charge on any atom is -0.347 e. The van der Waals surface area contributed by atoms with E-state index in [2.05, 4.69) is 39.0 Å². The topological polar surface area (TPSA) is 50.1 Å². The van der Waals surface area contributed by atoms with Gasteiger partial charge >= 0.3 is 0 Å². The van der Waals surface area contributed by atoms with Gasteiger partial charge in [0.05, 0.1) is 5.52 Å². The van der Waals surface area contributed by atoms with Crippen molar-refractivity contribution in [1.29, 1.82) is 0 Å². The van der Waals surface area contributed by atoms with E-state index in [0.717, 1.165) is 28.1 Å². The van der Waals surface area contributed by atoms with Crippen molar-refractivity contribution in [1.82, 2.24) is 19.7 Å². The van der Waals surface area contributed by atoms with Crippen molar-refractivity contribution in [3.05, 3.63) is 36.2 Å². The highest BCUT2D eigenvalue weighted by Crippen LogP contribution is 2.27. The van der Waals surface area contributed by atoms with E-state index in [1.54, 1.807) is 6.20 Å². The van der Waals surface area contributed by atoms with Crippen LogP contribution < -0.4 is 9.80 Å². The SMILES string of the molecule is Cc1c2cc(N(C)c3ccnc(N(C)C)n3)ccc2nn1C. The van der Waals surface area contributed by atoms with Gasteiger partial charge in [0.2, 0.25) is 5.95 Å². The molecular formula is C16H20N6. The Bertz CT molecular complexity index is 821. The Morgan fingerprint density at radius 3 is 2.59 bits per heavy atom. The molecule has 0 N–H and O–H groups in total. The van der Waals surface area contributed by atoms with Crippen LogP contribution in [0.15, 0.2) is 30.5 Å². The highest BCUT2D eigenvalue weighted by molar-refractivity contribution is 5.86. The fourth-order valence-electron chi connectivity index (χ4n) is 2.39. The zero-order valence-electron chi connectivity index (χ0n) is 13.6. The molecule has 6 heteroatoms. The van der Waals surface area contributed by atoms with Crippen LogP contribution >= 0.6 is 0 Å². The van der Waals surface area contributed by atoms with Gasteiger partial charge < -0.3 is 9.80 Å². The fourth-order valence-corrected chi connectivity index (χ4v) is 2.39. The minimum absolute atomic E-state index is 0.697. The predicted octanol–water partition coefficient (Wildman–Crippen LogP) is 2.51. The lowest BCUT2D eigenvalue weighted by molar-refractivity contribution is 0.751. The first-order valence-electron chi connectivity index (χ1n) is 7.15. The van der Waals surface area contributed by atoms with Gasteiger partial charge in [0.25, 0.3) is 0 Å². The molecule has 3 aromatic rings. The number of aryl methyl sites for hydroxylation is 2. The number of hydrogen-bond acceptors (Lipinski definition) is 5. The molecule has 6 nitrogen and oxygen atoms in total. The van der Waals surface area contributed by atoms with Crippen molar-refractivity contribution < 1.29 is 0 Å². The first-order chi connectivity index (χ1) is 10.5. The number of hydrogen-bond donors (Lipinski definition) is 0. The van der Waals surface area contributed by atoms with E-state index in [4.69, 9.17) is 0 Å². The quantitative estimate of drug-likeness (QED) is 0.743. The number of benzene rings is 1. The molecule has 0 radical (unpaired) electrons. The molecule has 0 amide bonds. The molecule has 0 spiro atoms. The lowest BCUT2D eigenvalue weighted by Gasteiger charge is -2.20. The van der Waals surface area contributed by atoms with Crippen LogP contribution in [0.25, 0.3) is 10.9 Å². The van der Waals surface area contributed by atoms with E-state index in [0.29, 0.717) is 5.95 Å². The first kappa shape index (κ1) is 14.3. The molecule has 1 aromatic carbocycles. The highest BCUT2D eigenvalue weighted by Gasteiger charge is 2.11. The van der Waals surface area contributed by atoms with Gasteiger partial charge in [-0.3, -0.25) is 4.68 Å². The van der Waals surface area contributed by atoms with Crippen molar-refractivity contribution in [3.8, 4) is 0 Å². The third-order valence-electron chi connectivity index (χ3n) is 3.87. The van der Waals surface area contributed by atoms with E-state index in [9.17, 15) is 0 Å². The summed E-state index contributed by atoms with van der Waals surface area (Å²) in [5.74, 6) is 1.56. The maximum atomic E-state index is 4.58. The molecule has 3 rings (SSSR count). The molecule has 0 aliphatic heterocycles. The van der Waals surface area contributed by atoms with Crippen molar-refractivity contribution in [2.24, 2.45) is 7.05 Å². The average Bonchev–Trinajstić information content (AvgIpc) is 2.81. The van der Waals surface area contributed by atoms with Gasteiger partial charge in [0.15, 0.2) is 0 Å². The van der Waals surface area contributed by atoms with Crippen LogP contribution in [0, 0.1) is 6.92 Å². The average molecular weight is 296 g/mol. The molecule has 0 unspecified atom stereocenters. The van der Waals surface area contributed by atoms with E-state index >= 15 is 0 Å². The maximum Gasteiger partial charge on any atom is 0.226 e. The summed E-state index contributed by atoms with van der Waals surface area (Å²) in [6.07, 6.45) is 1.78. The number of fused-ring (bicyclic) bond motifs is 1. The molecular weight excluding hydrogens is 276 g/mol. The zero-order valence-corrected chi connectivity index (χ0v) is 13.6. The highest BCUT2D eigenvalue weighted by atomic mass is 15.3. The number of aromatic nitrogens is 4. The number of anilines is 3. The Labute approximate surface area is 130 Å². The van der Waals surface area contributed by atoms with E-state index in [1.807, 2.05) is 49.9 Å². The van der Waals surface area contributed by atoms with E-state index in [-0.39, 0.29) is 0 Å². The molecule has 0 aliphatic rings. The normalized spacial score (nSPS) is 11.0. The van der Waals surface area contributed by atoms with Crippen LogP contribution in [0.5, 0.6) is 0 Å².